The monoisotopic (exact) mass is 273 g/mol. The molecule has 5 nitrogen and oxygen atoms in total. The third kappa shape index (κ3) is 11.7. The molecule has 0 aliphatic rings. The van der Waals surface area contributed by atoms with Gasteiger partial charge in [-0.25, -0.2) is 0 Å². The van der Waals surface area contributed by atoms with Crippen molar-refractivity contribution in [1.82, 2.24) is 5.32 Å². The molecule has 0 aliphatic carbocycles. The van der Waals surface area contributed by atoms with E-state index in [0.29, 0.717) is 25.7 Å². The van der Waals surface area contributed by atoms with Gasteiger partial charge in [0.15, 0.2) is 0 Å². The molecule has 0 fully saturated rings. The van der Waals surface area contributed by atoms with E-state index in [9.17, 15) is 9.59 Å². The zero-order valence-electron chi connectivity index (χ0n) is 12.5. The van der Waals surface area contributed by atoms with Gasteiger partial charge in [-0.2, -0.15) is 0 Å². The van der Waals surface area contributed by atoms with Gasteiger partial charge >= 0.3 is 5.97 Å². The number of hydrogen-bond donors (Lipinski definition) is 2. The Morgan fingerprint density at radius 2 is 1.84 bits per heavy atom. The lowest BCUT2D eigenvalue weighted by molar-refractivity contribution is -0.139. The molecule has 0 unspecified atom stereocenters. The van der Waals surface area contributed by atoms with E-state index in [-0.39, 0.29) is 18.7 Å². The minimum absolute atomic E-state index is 0.00862. The Morgan fingerprint density at radius 1 is 1.21 bits per heavy atom. The van der Waals surface area contributed by atoms with Crippen molar-refractivity contribution in [2.24, 2.45) is 11.3 Å². The second-order valence-electron chi connectivity index (χ2n) is 6.06. The van der Waals surface area contributed by atoms with Crippen molar-refractivity contribution >= 4 is 11.9 Å². The van der Waals surface area contributed by atoms with Gasteiger partial charge in [0.05, 0.1) is 13.0 Å². The molecule has 0 spiro atoms. The number of carbonyl (C=O) groups excluding carboxylic acids is 1. The number of carboxylic acid groups (broad SMARTS) is 1. The minimum atomic E-state index is -0.880. The molecule has 0 aromatic rings. The maximum Gasteiger partial charge on any atom is 0.303 e. The summed E-state index contributed by atoms with van der Waals surface area (Å²) >= 11 is 0. The lowest BCUT2D eigenvalue weighted by Crippen LogP contribution is -2.32. The summed E-state index contributed by atoms with van der Waals surface area (Å²) in [5.74, 6) is -0.389. The van der Waals surface area contributed by atoms with Crippen LogP contribution in [-0.2, 0) is 14.3 Å². The molecule has 112 valence electrons. The van der Waals surface area contributed by atoms with Gasteiger partial charge in [0, 0.05) is 19.6 Å². The average Bonchev–Trinajstić information content (AvgIpc) is 2.19. The van der Waals surface area contributed by atoms with Crippen molar-refractivity contribution < 1.29 is 19.4 Å². The molecular formula is C14H27NO4. The molecule has 2 N–H and O–H groups in total. The van der Waals surface area contributed by atoms with Gasteiger partial charge in [0.1, 0.15) is 0 Å². The number of carboxylic acids is 1. The number of amides is 1. The Balaban J connectivity index is 3.67. The second-order valence-corrected chi connectivity index (χ2v) is 6.06. The van der Waals surface area contributed by atoms with Crippen LogP contribution in [0.4, 0.5) is 0 Å². The third-order valence-corrected chi connectivity index (χ3v) is 2.68. The van der Waals surface area contributed by atoms with Crippen LogP contribution in [0.3, 0.4) is 0 Å². The standard InChI is InChI=1S/C14H27NO4/c1-11(2)5-7-19-8-6-15-12(16)9-14(3,4)10-13(17)18/h11H,5-10H2,1-4H3,(H,15,16)(H,17,18). The Bertz CT molecular complexity index is 287. The molecule has 0 atom stereocenters. The molecule has 19 heavy (non-hydrogen) atoms. The lowest BCUT2D eigenvalue weighted by Gasteiger charge is -2.21. The van der Waals surface area contributed by atoms with Crippen LogP contribution in [0.2, 0.25) is 0 Å². The first-order valence-corrected chi connectivity index (χ1v) is 6.79. The molecule has 1 amide bonds. The van der Waals surface area contributed by atoms with Crippen LogP contribution < -0.4 is 5.32 Å². The molecule has 5 heteroatoms. The summed E-state index contributed by atoms with van der Waals surface area (Å²) in [4.78, 5) is 22.3. The first-order valence-electron chi connectivity index (χ1n) is 6.79. The lowest BCUT2D eigenvalue weighted by atomic mass is 9.85. The maximum absolute atomic E-state index is 11.6. The van der Waals surface area contributed by atoms with Gasteiger partial charge in [-0.05, 0) is 17.8 Å². The maximum atomic E-state index is 11.6. The minimum Gasteiger partial charge on any atom is -0.481 e. The summed E-state index contributed by atoms with van der Waals surface area (Å²) in [6, 6.07) is 0. The molecule has 0 radical (unpaired) electrons. The number of carbonyl (C=O) groups is 2. The van der Waals surface area contributed by atoms with Crippen LogP contribution in [0.1, 0.15) is 47.0 Å². The van der Waals surface area contributed by atoms with Crippen LogP contribution in [0.15, 0.2) is 0 Å². The zero-order valence-corrected chi connectivity index (χ0v) is 12.5. The first kappa shape index (κ1) is 17.9. The fourth-order valence-electron chi connectivity index (χ4n) is 1.65. The van der Waals surface area contributed by atoms with Gasteiger partial charge in [0.2, 0.25) is 5.91 Å². The van der Waals surface area contributed by atoms with Crippen LogP contribution in [0.25, 0.3) is 0 Å². The highest BCUT2D eigenvalue weighted by Crippen LogP contribution is 2.24. The van der Waals surface area contributed by atoms with Gasteiger partial charge in [-0.15, -0.1) is 0 Å². The Kier molecular flexibility index (Phi) is 8.39. The number of rotatable bonds is 10. The fourth-order valence-corrected chi connectivity index (χ4v) is 1.65. The first-order chi connectivity index (χ1) is 8.73. The van der Waals surface area contributed by atoms with Crippen LogP contribution in [0, 0.1) is 11.3 Å². The second kappa shape index (κ2) is 8.91. The van der Waals surface area contributed by atoms with E-state index in [4.69, 9.17) is 9.84 Å². The zero-order chi connectivity index (χ0) is 14.9. The highest BCUT2D eigenvalue weighted by atomic mass is 16.5. The average molecular weight is 273 g/mol. The molecule has 0 aromatic carbocycles. The van der Waals surface area contributed by atoms with E-state index in [2.05, 4.69) is 19.2 Å². The molecule has 0 saturated heterocycles. The molecular weight excluding hydrogens is 246 g/mol. The van der Waals surface area contributed by atoms with Gasteiger partial charge in [-0.1, -0.05) is 27.7 Å². The van der Waals surface area contributed by atoms with Crippen molar-refractivity contribution in [1.29, 1.82) is 0 Å². The van der Waals surface area contributed by atoms with Crippen molar-refractivity contribution in [2.45, 2.75) is 47.0 Å². The highest BCUT2D eigenvalue weighted by molar-refractivity contribution is 5.77. The number of hydrogen-bond acceptors (Lipinski definition) is 3. The van der Waals surface area contributed by atoms with Gasteiger partial charge < -0.3 is 15.2 Å². The highest BCUT2D eigenvalue weighted by Gasteiger charge is 2.24. The number of ether oxygens (including phenoxy) is 1. The van der Waals surface area contributed by atoms with Crippen molar-refractivity contribution in [2.75, 3.05) is 19.8 Å². The molecule has 0 heterocycles. The van der Waals surface area contributed by atoms with Crippen molar-refractivity contribution in [3.8, 4) is 0 Å². The summed E-state index contributed by atoms with van der Waals surface area (Å²) in [5.41, 5.74) is -0.519. The van der Waals surface area contributed by atoms with Gasteiger partial charge in [-0.3, -0.25) is 9.59 Å². The summed E-state index contributed by atoms with van der Waals surface area (Å²) in [6.45, 7) is 9.50. The molecule has 0 saturated carbocycles. The van der Waals surface area contributed by atoms with Crippen LogP contribution in [-0.4, -0.2) is 36.7 Å². The van der Waals surface area contributed by atoms with E-state index in [1.54, 1.807) is 13.8 Å². The van der Waals surface area contributed by atoms with Gasteiger partial charge in [0.25, 0.3) is 0 Å². The Hall–Kier alpha value is -1.10. The van der Waals surface area contributed by atoms with E-state index < -0.39 is 11.4 Å². The third-order valence-electron chi connectivity index (χ3n) is 2.68. The van der Waals surface area contributed by atoms with Crippen molar-refractivity contribution in [3.05, 3.63) is 0 Å². The van der Waals surface area contributed by atoms with Crippen LogP contribution >= 0.6 is 0 Å². The van der Waals surface area contributed by atoms with E-state index in [1.807, 2.05) is 0 Å². The van der Waals surface area contributed by atoms with E-state index in [1.165, 1.54) is 0 Å². The summed E-state index contributed by atoms with van der Waals surface area (Å²) in [6.07, 6.45) is 1.22. The molecule has 0 aromatic heterocycles. The Morgan fingerprint density at radius 3 is 2.37 bits per heavy atom. The topological polar surface area (TPSA) is 75.6 Å². The SMILES string of the molecule is CC(C)CCOCCNC(=O)CC(C)(C)CC(=O)O. The predicted octanol–water partition coefficient (Wildman–Crippen LogP) is 2.06. The normalized spacial score (nSPS) is 11.6. The largest absolute Gasteiger partial charge is 0.481 e. The molecule has 0 bridgehead atoms. The Labute approximate surface area is 115 Å². The smallest absolute Gasteiger partial charge is 0.303 e. The van der Waals surface area contributed by atoms with Crippen LogP contribution in [0.5, 0.6) is 0 Å². The molecule has 0 aliphatic heterocycles. The molecule has 0 rings (SSSR count). The predicted molar refractivity (Wildman–Crippen MR) is 73.9 cm³/mol. The number of nitrogens with one attached hydrogen (secondary N) is 1. The summed E-state index contributed by atoms with van der Waals surface area (Å²) in [7, 11) is 0. The summed E-state index contributed by atoms with van der Waals surface area (Å²) < 4.78 is 5.38. The number of aliphatic carboxylic acids is 1. The quantitative estimate of drug-likeness (QED) is 0.597. The van der Waals surface area contributed by atoms with E-state index in [0.717, 1.165) is 6.42 Å². The summed E-state index contributed by atoms with van der Waals surface area (Å²) in [5, 5.41) is 11.5. The van der Waals surface area contributed by atoms with Crippen molar-refractivity contribution in [3.63, 3.8) is 0 Å². The van der Waals surface area contributed by atoms with E-state index >= 15 is 0 Å². The fraction of sp³-hybridized carbons (Fsp3) is 0.857.